The molecule has 0 aliphatic heterocycles. The first-order chi connectivity index (χ1) is 5.63. The zero-order valence-corrected chi connectivity index (χ0v) is 8.61. The fourth-order valence-corrected chi connectivity index (χ4v) is 0.903. The van der Waals surface area contributed by atoms with Gasteiger partial charge in [-0.2, -0.15) is 0 Å². The molecular weight excluding hydrogens is 144 g/mol. The SMILES string of the molecule is C=C.C=C/C(C(=C)C)=C(/C)CC. The normalized spacial score (nSPS) is 10.6. The van der Waals surface area contributed by atoms with Gasteiger partial charge in [0.2, 0.25) is 0 Å². The molecule has 0 heterocycles. The van der Waals surface area contributed by atoms with Crippen molar-refractivity contribution >= 4 is 0 Å². The molecule has 0 saturated carbocycles. The zero-order valence-electron chi connectivity index (χ0n) is 8.61. The number of rotatable bonds is 3. The summed E-state index contributed by atoms with van der Waals surface area (Å²) >= 11 is 0. The summed E-state index contributed by atoms with van der Waals surface area (Å²) in [4.78, 5) is 0. The lowest BCUT2D eigenvalue weighted by Crippen LogP contribution is -1.84. The van der Waals surface area contributed by atoms with Crippen molar-refractivity contribution in [3.05, 3.63) is 49.1 Å². The Morgan fingerprint density at radius 3 is 1.75 bits per heavy atom. The summed E-state index contributed by atoms with van der Waals surface area (Å²) in [6.07, 6.45) is 2.95. The summed E-state index contributed by atoms with van der Waals surface area (Å²) in [5.74, 6) is 0. The monoisotopic (exact) mass is 164 g/mol. The summed E-state index contributed by atoms with van der Waals surface area (Å²) in [7, 11) is 0. The van der Waals surface area contributed by atoms with Crippen LogP contribution in [-0.4, -0.2) is 0 Å². The molecule has 0 aromatic rings. The lowest BCUT2D eigenvalue weighted by atomic mass is 10.0. The van der Waals surface area contributed by atoms with Crippen LogP contribution < -0.4 is 0 Å². The fraction of sp³-hybridized carbons (Fsp3) is 0.333. The predicted octanol–water partition coefficient (Wildman–Crippen LogP) is 4.28. The highest BCUT2D eigenvalue weighted by molar-refractivity contribution is 5.38. The van der Waals surface area contributed by atoms with Gasteiger partial charge in [-0.3, -0.25) is 0 Å². The molecular formula is C12H20. The van der Waals surface area contributed by atoms with Crippen LogP contribution in [-0.2, 0) is 0 Å². The second kappa shape index (κ2) is 8.06. The van der Waals surface area contributed by atoms with E-state index >= 15 is 0 Å². The van der Waals surface area contributed by atoms with Crippen molar-refractivity contribution in [2.75, 3.05) is 0 Å². The van der Waals surface area contributed by atoms with Crippen LogP contribution in [0.3, 0.4) is 0 Å². The number of hydrogen-bond acceptors (Lipinski definition) is 0. The molecule has 0 radical (unpaired) electrons. The van der Waals surface area contributed by atoms with Crippen molar-refractivity contribution < 1.29 is 0 Å². The summed E-state index contributed by atoms with van der Waals surface area (Å²) < 4.78 is 0. The zero-order chi connectivity index (χ0) is 10.1. The molecule has 0 nitrogen and oxygen atoms in total. The van der Waals surface area contributed by atoms with Crippen LogP contribution in [0.1, 0.15) is 27.2 Å². The van der Waals surface area contributed by atoms with Gasteiger partial charge in [-0.15, -0.1) is 13.2 Å². The summed E-state index contributed by atoms with van der Waals surface area (Å²) in [5, 5.41) is 0. The van der Waals surface area contributed by atoms with Gasteiger partial charge >= 0.3 is 0 Å². The molecule has 68 valence electrons. The average molecular weight is 164 g/mol. The maximum Gasteiger partial charge on any atom is -0.0250 e. The van der Waals surface area contributed by atoms with E-state index in [4.69, 9.17) is 0 Å². The Morgan fingerprint density at radius 1 is 1.25 bits per heavy atom. The van der Waals surface area contributed by atoms with E-state index in [2.05, 4.69) is 40.2 Å². The molecule has 0 fully saturated rings. The molecule has 0 bridgehead atoms. The van der Waals surface area contributed by atoms with Crippen LogP contribution >= 0.6 is 0 Å². The fourth-order valence-electron chi connectivity index (χ4n) is 0.903. The molecule has 0 rings (SSSR count). The van der Waals surface area contributed by atoms with Crippen molar-refractivity contribution in [1.82, 2.24) is 0 Å². The third-order valence-electron chi connectivity index (χ3n) is 1.65. The van der Waals surface area contributed by atoms with Gasteiger partial charge in [-0.05, 0) is 25.8 Å². The Kier molecular flexibility index (Phi) is 9.10. The quantitative estimate of drug-likeness (QED) is 0.431. The maximum absolute atomic E-state index is 3.87. The molecule has 0 aliphatic carbocycles. The molecule has 0 aromatic carbocycles. The molecule has 0 N–H and O–H groups in total. The lowest BCUT2D eigenvalue weighted by molar-refractivity contribution is 1.07. The van der Waals surface area contributed by atoms with Crippen LogP contribution in [0, 0.1) is 0 Å². The van der Waals surface area contributed by atoms with E-state index in [9.17, 15) is 0 Å². The summed E-state index contributed by atoms with van der Waals surface area (Å²) in [6.45, 7) is 19.9. The van der Waals surface area contributed by atoms with E-state index in [1.807, 2.05) is 13.0 Å². The standard InChI is InChI=1S/C10H16.C2H4/c1-6-9(5)10(7-2)8(3)4;1-2/h7H,2-3,6H2,1,4-5H3;1-2H2/b10-9+;. The van der Waals surface area contributed by atoms with Crippen LogP contribution in [0.25, 0.3) is 0 Å². The molecule has 0 atom stereocenters. The van der Waals surface area contributed by atoms with Crippen molar-refractivity contribution in [1.29, 1.82) is 0 Å². The highest BCUT2D eigenvalue weighted by atomic mass is 14.0. The Labute approximate surface area is 77.0 Å². The minimum Gasteiger partial charge on any atom is -0.106 e. The summed E-state index contributed by atoms with van der Waals surface area (Å²) in [6, 6.07) is 0. The Hall–Kier alpha value is -1.04. The minimum absolute atomic E-state index is 1.08. The van der Waals surface area contributed by atoms with Crippen LogP contribution in [0.4, 0.5) is 0 Å². The second-order valence-electron chi connectivity index (χ2n) is 2.53. The first-order valence-corrected chi connectivity index (χ1v) is 4.11. The third-order valence-corrected chi connectivity index (χ3v) is 1.65. The largest absolute Gasteiger partial charge is 0.106 e. The van der Waals surface area contributed by atoms with Gasteiger partial charge in [-0.25, -0.2) is 0 Å². The van der Waals surface area contributed by atoms with Crippen molar-refractivity contribution in [2.45, 2.75) is 27.2 Å². The topological polar surface area (TPSA) is 0 Å². The van der Waals surface area contributed by atoms with Crippen molar-refractivity contribution in [3.63, 3.8) is 0 Å². The van der Waals surface area contributed by atoms with Gasteiger partial charge in [0.25, 0.3) is 0 Å². The Bertz CT molecular complexity index is 182. The van der Waals surface area contributed by atoms with E-state index in [0.29, 0.717) is 0 Å². The number of allylic oxidation sites excluding steroid dienone is 4. The highest BCUT2D eigenvalue weighted by Crippen LogP contribution is 2.15. The van der Waals surface area contributed by atoms with Gasteiger partial charge < -0.3 is 0 Å². The molecule has 0 aliphatic rings. The van der Waals surface area contributed by atoms with Crippen LogP contribution in [0.2, 0.25) is 0 Å². The van der Waals surface area contributed by atoms with Gasteiger partial charge in [0.05, 0.1) is 0 Å². The third kappa shape index (κ3) is 4.73. The molecule has 0 aromatic heterocycles. The first-order valence-electron chi connectivity index (χ1n) is 4.11. The van der Waals surface area contributed by atoms with E-state index < -0.39 is 0 Å². The lowest BCUT2D eigenvalue weighted by Gasteiger charge is -2.04. The Morgan fingerprint density at radius 2 is 1.67 bits per heavy atom. The second-order valence-corrected chi connectivity index (χ2v) is 2.53. The van der Waals surface area contributed by atoms with Gasteiger partial charge in [0.1, 0.15) is 0 Å². The van der Waals surface area contributed by atoms with Gasteiger partial charge in [0.15, 0.2) is 0 Å². The minimum atomic E-state index is 1.08. The predicted molar refractivity (Wildman–Crippen MR) is 59.3 cm³/mol. The molecule has 12 heavy (non-hydrogen) atoms. The van der Waals surface area contributed by atoms with Crippen LogP contribution in [0.15, 0.2) is 49.1 Å². The number of hydrogen-bond donors (Lipinski definition) is 0. The maximum atomic E-state index is 3.87. The smallest absolute Gasteiger partial charge is 0.0250 e. The molecule has 0 saturated heterocycles. The Balaban J connectivity index is 0. The van der Waals surface area contributed by atoms with Crippen molar-refractivity contribution in [3.8, 4) is 0 Å². The highest BCUT2D eigenvalue weighted by Gasteiger charge is 1.95. The van der Waals surface area contributed by atoms with Gasteiger partial charge in [-0.1, -0.05) is 37.3 Å². The van der Waals surface area contributed by atoms with Gasteiger partial charge in [0, 0.05) is 0 Å². The van der Waals surface area contributed by atoms with E-state index in [1.165, 1.54) is 11.1 Å². The molecule has 0 heteroatoms. The van der Waals surface area contributed by atoms with E-state index in [0.717, 1.165) is 12.0 Å². The van der Waals surface area contributed by atoms with Crippen molar-refractivity contribution in [2.24, 2.45) is 0 Å². The molecule has 0 spiro atoms. The molecule has 0 unspecified atom stereocenters. The van der Waals surface area contributed by atoms with E-state index in [1.54, 1.807) is 0 Å². The average Bonchev–Trinajstić information content (AvgIpc) is 2.08. The summed E-state index contributed by atoms with van der Waals surface area (Å²) in [5.41, 5.74) is 3.68. The molecule has 0 amide bonds. The van der Waals surface area contributed by atoms with E-state index in [-0.39, 0.29) is 0 Å². The first kappa shape index (κ1) is 13.5. The van der Waals surface area contributed by atoms with Crippen LogP contribution in [0.5, 0.6) is 0 Å².